The second kappa shape index (κ2) is 5.92. The number of hydrogen-bond acceptors (Lipinski definition) is 3. The lowest BCUT2D eigenvalue weighted by Crippen LogP contribution is -2.38. The molecule has 2 atom stereocenters. The summed E-state index contributed by atoms with van der Waals surface area (Å²) in [4.78, 5) is 0.303. The molecule has 0 saturated heterocycles. The molecule has 134 valence electrons. The van der Waals surface area contributed by atoms with Crippen molar-refractivity contribution in [3.8, 4) is 0 Å². The lowest BCUT2D eigenvalue weighted by atomic mass is 9.75. The monoisotopic (exact) mass is 362 g/mol. The minimum Gasteiger partial charge on any atom is -0.392 e. The quantitative estimate of drug-likeness (QED) is 0.841. The van der Waals surface area contributed by atoms with E-state index in [4.69, 9.17) is 0 Å². The molecule has 1 aliphatic heterocycles. The van der Waals surface area contributed by atoms with Crippen molar-refractivity contribution in [2.75, 3.05) is 5.75 Å². The van der Waals surface area contributed by atoms with Crippen molar-refractivity contribution >= 4 is 9.84 Å². The first kappa shape index (κ1) is 18.1. The molecule has 0 fully saturated rings. The molecule has 1 aliphatic rings. The molecule has 25 heavy (non-hydrogen) atoms. The molecular formula is C20H23FO3S. The van der Waals surface area contributed by atoms with Gasteiger partial charge in [-0.1, -0.05) is 43.7 Å². The van der Waals surface area contributed by atoms with Crippen molar-refractivity contribution in [1.82, 2.24) is 0 Å². The van der Waals surface area contributed by atoms with Gasteiger partial charge in [0.15, 0.2) is 9.84 Å². The third-order valence-corrected chi connectivity index (χ3v) is 7.31. The first-order chi connectivity index (χ1) is 11.5. The van der Waals surface area contributed by atoms with Crippen LogP contribution in [0.5, 0.6) is 0 Å². The number of benzene rings is 2. The van der Waals surface area contributed by atoms with Gasteiger partial charge in [0.25, 0.3) is 0 Å². The van der Waals surface area contributed by atoms with E-state index in [1.54, 1.807) is 32.9 Å². The van der Waals surface area contributed by atoms with Crippen molar-refractivity contribution in [2.45, 2.75) is 44.6 Å². The highest BCUT2D eigenvalue weighted by molar-refractivity contribution is 7.91. The van der Waals surface area contributed by atoms with Crippen LogP contribution in [0.25, 0.3) is 0 Å². The third-order valence-electron chi connectivity index (χ3n) is 5.00. The highest BCUT2D eigenvalue weighted by Gasteiger charge is 2.45. The Balaban J connectivity index is 2.37. The lowest BCUT2D eigenvalue weighted by molar-refractivity contribution is 0.0521. The molecule has 0 amide bonds. The number of rotatable bonds is 1. The Morgan fingerprint density at radius 3 is 2.32 bits per heavy atom. The van der Waals surface area contributed by atoms with Gasteiger partial charge in [0.1, 0.15) is 5.82 Å². The van der Waals surface area contributed by atoms with Gasteiger partial charge in [-0.2, -0.15) is 0 Å². The van der Waals surface area contributed by atoms with E-state index >= 15 is 0 Å². The van der Waals surface area contributed by atoms with Crippen molar-refractivity contribution in [2.24, 2.45) is 5.41 Å². The van der Waals surface area contributed by atoms with Crippen LogP contribution in [0.4, 0.5) is 4.39 Å². The molecule has 0 radical (unpaired) electrons. The molecule has 2 aromatic carbocycles. The number of sulfone groups is 1. The number of aryl methyl sites for hydroxylation is 2. The normalized spacial score (nSPS) is 24.4. The Bertz CT molecular complexity index is 915. The van der Waals surface area contributed by atoms with Crippen LogP contribution >= 0.6 is 0 Å². The summed E-state index contributed by atoms with van der Waals surface area (Å²) in [7, 11) is -3.55. The van der Waals surface area contributed by atoms with Crippen LogP contribution in [-0.2, 0) is 9.84 Å². The van der Waals surface area contributed by atoms with E-state index in [1.807, 2.05) is 19.1 Å². The summed E-state index contributed by atoms with van der Waals surface area (Å²) >= 11 is 0. The first-order valence-electron chi connectivity index (χ1n) is 8.30. The fourth-order valence-corrected chi connectivity index (χ4v) is 6.33. The number of halogens is 1. The number of hydrogen-bond donors (Lipinski definition) is 1. The molecule has 1 N–H and O–H groups in total. The van der Waals surface area contributed by atoms with Crippen molar-refractivity contribution in [3.05, 3.63) is 64.5 Å². The van der Waals surface area contributed by atoms with E-state index in [9.17, 15) is 17.9 Å². The predicted octanol–water partition coefficient (Wildman–Crippen LogP) is 3.75. The molecule has 1 heterocycles. The summed E-state index contributed by atoms with van der Waals surface area (Å²) in [5.41, 5.74) is 2.10. The largest absolute Gasteiger partial charge is 0.392 e. The second-order valence-electron chi connectivity index (χ2n) is 7.72. The fourth-order valence-electron chi connectivity index (χ4n) is 3.94. The molecule has 0 unspecified atom stereocenters. The Kier molecular flexibility index (Phi) is 4.28. The summed E-state index contributed by atoms with van der Waals surface area (Å²) in [6.45, 7) is 7.22. The van der Waals surface area contributed by atoms with E-state index in [2.05, 4.69) is 0 Å². The zero-order valence-corrected chi connectivity index (χ0v) is 15.7. The van der Waals surface area contributed by atoms with Gasteiger partial charge in [-0.3, -0.25) is 0 Å². The maximum atomic E-state index is 13.4. The minimum absolute atomic E-state index is 0.129. The standard InChI is InChI=1S/C20H23FO3S/c1-12-9-13(2)18-16(10-12)17(14-5-7-15(21)8-6-14)19(22)20(3,4)11-25(18,23)24/h5-10,17,19,22H,11H2,1-4H3/t17-,19-/m1/s1. The summed E-state index contributed by atoms with van der Waals surface area (Å²) in [5.74, 6) is -1.02. The van der Waals surface area contributed by atoms with Crippen molar-refractivity contribution in [1.29, 1.82) is 0 Å². The highest BCUT2D eigenvalue weighted by Crippen LogP contribution is 2.45. The number of aliphatic hydroxyl groups is 1. The number of aliphatic hydroxyl groups excluding tert-OH is 1. The van der Waals surface area contributed by atoms with E-state index in [0.29, 0.717) is 21.6 Å². The van der Waals surface area contributed by atoms with E-state index in [0.717, 1.165) is 5.56 Å². The van der Waals surface area contributed by atoms with Crippen LogP contribution in [0.15, 0.2) is 41.3 Å². The van der Waals surface area contributed by atoms with Crippen molar-refractivity contribution in [3.63, 3.8) is 0 Å². The fraction of sp³-hybridized carbons (Fsp3) is 0.400. The van der Waals surface area contributed by atoms with E-state index in [-0.39, 0.29) is 11.6 Å². The highest BCUT2D eigenvalue weighted by atomic mass is 32.2. The minimum atomic E-state index is -3.55. The average molecular weight is 362 g/mol. The van der Waals surface area contributed by atoms with Gasteiger partial charge in [0, 0.05) is 11.3 Å². The van der Waals surface area contributed by atoms with Gasteiger partial charge in [0.2, 0.25) is 0 Å². The zero-order chi connectivity index (χ0) is 18.6. The van der Waals surface area contributed by atoms with E-state index in [1.165, 1.54) is 12.1 Å². The smallest absolute Gasteiger partial charge is 0.179 e. The molecular weight excluding hydrogens is 339 g/mol. The summed E-state index contributed by atoms with van der Waals surface area (Å²) < 4.78 is 39.5. The van der Waals surface area contributed by atoms with Gasteiger partial charge < -0.3 is 5.11 Å². The third kappa shape index (κ3) is 3.11. The first-order valence-corrected chi connectivity index (χ1v) is 9.95. The zero-order valence-electron chi connectivity index (χ0n) is 14.9. The topological polar surface area (TPSA) is 54.4 Å². The summed E-state index contributed by atoms with van der Waals surface area (Å²) in [6, 6.07) is 9.62. The molecule has 0 bridgehead atoms. The molecule has 5 heteroatoms. The predicted molar refractivity (Wildman–Crippen MR) is 96.0 cm³/mol. The van der Waals surface area contributed by atoms with Crippen LogP contribution in [0.3, 0.4) is 0 Å². The van der Waals surface area contributed by atoms with Gasteiger partial charge in [-0.15, -0.1) is 0 Å². The van der Waals surface area contributed by atoms with Crippen LogP contribution in [0.1, 0.15) is 42.0 Å². The molecule has 0 spiro atoms. The van der Waals surface area contributed by atoms with Crippen LogP contribution in [0.2, 0.25) is 0 Å². The van der Waals surface area contributed by atoms with Crippen LogP contribution in [-0.4, -0.2) is 25.4 Å². The SMILES string of the molecule is Cc1cc(C)c2c(c1)[C@@H](c1ccc(F)cc1)[C@@H](O)C(C)(C)CS2(=O)=O. The number of fused-ring (bicyclic) bond motifs is 1. The maximum absolute atomic E-state index is 13.4. The molecule has 0 saturated carbocycles. The van der Waals surface area contributed by atoms with Crippen molar-refractivity contribution < 1.29 is 17.9 Å². The summed E-state index contributed by atoms with van der Waals surface area (Å²) in [6.07, 6.45) is -0.907. The molecule has 3 nitrogen and oxygen atoms in total. The molecule has 0 aliphatic carbocycles. The van der Waals surface area contributed by atoms with E-state index < -0.39 is 27.3 Å². The van der Waals surface area contributed by atoms with Crippen LogP contribution < -0.4 is 0 Å². The molecule has 0 aromatic heterocycles. The Morgan fingerprint density at radius 2 is 1.72 bits per heavy atom. The lowest BCUT2D eigenvalue weighted by Gasteiger charge is -2.33. The Hall–Kier alpha value is -1.72. The summed E-state index contributed by atoms with van der Waals surface area (Å²) in [5, 5.41) is 11.1. The van der Waals surface area contributed by atoms with Gasteiger partial charge in [-0.05, 0) is 42.7 Å². The second-order valence-corrected chi connectivity index (χ2v) is 9.65. The molecule has 2 aromatic rings. The molecule has 3 rings (SSSR count). The van der Waals surface area contributed by atoms with Gasteiger partial charge in [0.05, 0.1) is 16.8 Å². The van der Waals surface area contributed by atoms with Crippen LogP contribution in [0, 0.1) is 25.1 Å². The van der Waals surface area contributed by atoms with Gasteiger partial charge >= 0.3 is 0 Å². The van der Waals surface area contributed by atoms with Gasteiger partial charge in [-0.25, -0.2) is 12.8 Å². The Morgan fingerprint density at radius 1 is 1.12 bits per heavy atom. The maximum Gasteiger partial charge on any atom is 0.179 e. The average Bonchev–Trinajstić information content (AvgIpc) is 2.52. The Labute approximate surface area is 148 Å².